The van der Waals surface area contributed by atoms with Crippen molar-refractivity contribution in [2.45, 2.75) is 19.9 Å². The predicted molar refractivity (Wildman–Crippen MR) is 124 cm³/mol. The molecule has 1 aliphatic rings. The Morgan fingerprint density at radius 3 is 2.41 bits per heavy atom. The third kappa shape index (κ3) is 3.65. The molecule has 1 aliphatic heterocycles. The highest BCUT2D eigenvalue weighted by Crippen LogP contribution is 2.36. The van der Waals surface area contributed by atoms with Crippen LogP contribution in [0.25, 0.3) is 11.4 Å². The van der Waals surface area contributed by atoms with Gasteiger partial charge in [-0.1, -0.05) is 48.0 Å². The van der Waals surface area contributed by atoms with E-state index >= 15 is 0 Å². The second-order valence-electron chi connectivity index (χ2n) is 7.74. The standard InChI is InChI=1S/C25H22N6O/c1-16-8-10-19(11-9-16)23-29-25-27-17(2)21(24(32)28-20-6-4-3-5-7-20)22(31(25)30-23)18-12-14-26-15-13-18/h3-15,22H,1-2H3,(H,28,32)(H,27,29,30). The highest BCUT2D eigenvalue weighted by Gasteiger charge is 2.34. The van der Waals surface area contributed by atoms with E-state index in [1.54, 1.807) is 17.1 Å². The maximum Gasteiger partial charge on any atom is 0.255 e. The third-order valence-corrected chi connectivity index (χ3v) is 5.46. The molecule has 0 fully saturated rings. The molecule has 0 saturated heterocycles. The van der Waals surface area contributed by atoms with Gasteiger partial charge in [0.1, 0.15) is 6.04 Å². The number of rotatable bonds is 4. The Balaban J connectivity index is 1.59. The molecular formula is C25H22N6O. The van der Waals surface area contributed by atoms with Crippen LogP contribution < -0.4 is 10.6 Å². The normalized spacial score (nSPS) is 15.1. The molecule has 1 amide bonds. The van der Waals surface area contributed by atoms with Crippen LogP contribution in [-0.4, -0.2) is 25.7 Å². The second kappa shape index (κ2) is 8.11. The number of aryl methyl sites for hydroxylation is 1. The van der Waals surface area contributed by atoms with E-state index < -0.39 is 6.04 Å². The van der Waals surface area contributed by atoms with E-state index in [-0.39, 0.29) is 5.91 Å². The van der Waals surface area contributed by atoms with E-state index in [2.05, 4.69) is 15.6 Å². The largest absolute Gasteiger partial charge is 0.328 e. The van der Waals surface area contributed by atoms with Crippen LogP contribution in [0.2, 0.25) is 0 Å². The minimum Gasteiger partial charge on any atom is -0.328 e. The van der Waals surface area contributed by atoms with Crippen LogP contribution >= 0.6 is 0 Å². The van der Waals surface area contributed by atoms with Crippen molar-refractivity contribution in [3.05, 3.63) is 102 Å². The van der Waals surface area contributed by atoms with Gasteiger partial charge in [0.15, 0.2) is 5.82 Å². The molecule has 0 aliphatic carbocycles. The quantitative estimate of drug-likeness (QED) is 0.503. The Labute approximate surface area is 185 Å². The van der Waals surface area contributed by atoms with Crippen molar-refractivity contribution in [2.75, 3.05) is 10.6 Å². The molecule has 0 spiro atoms. The number of para-hydroxylation sites is 1. The summed E-state index contributed by atoms with van der Waals surface area (Å²) in [5.74, 6) is 1.00. The molecule has 7 nitrogen and oxygen atoms in total. The lowest BCUT2D eigenvalue weighted by molar-refractivity contribution is -0.113. The highest BCUT2D eigenvalue weighted by molar-refractivity contribution is 6.06. The van der Waals surface area contributed by atoms with E-state index in [0.717, 1.165) is 22.5 Å². The van der Waals surface area contributed by atoms with Crippen LogP contribution in [0.3, 0.4) is 0 Å². The number of allylic oxidation sites excluding steroid dienone is 1. The molecule has 158 valence electrons. The Bertz CT molecular complexity index is 1290. The van der Waals surface area contributed by atoms with Crippen molar-refractivity contribution in [1.29, 1.82) is 0 Å². The summed E-state index contributed by atoms with van der Waals surface area (Å²) in [7, 11) is 0. The van der Waals surface area contributed by atoms with Crippen LogP contribution in [-0.2, 0) is 4.79 Å². The van der Waals surface area contributed by atoms with Crippen LogP contribution in [0.5, 0.6) is 0 Å². The number of nitrogens with one attached hydrogen (secondary N) is 2. The van der Waals surface area contributed by atoms with Gasteiger partial charge in [-0.05, 0) is 43.7 Å². The number of aromatic nitrogens is 4. The van der Waals surface area contributed by atoms with Gasteiger partial charge in [-0.3, -0.25) is 9.78 Å². The summed E-state index contributed by atoms with van der Waals surface area (Å²) >= 11 is 0. The molecule has 7 heteroatoms. The molecule has 2 aromatic carbocycles. The van der Waals surface area contributed by atoms with Crippen LogP contribution in [0.1, 0.15) is 24.1 Å². The lowest BCUT2D eigenvalue weighted by atomic mass is 9.96. The number of hydrogen-bond donors (Lipinski definition) is 2. The van der Waals surface area contributed by atoms with Gasteiger partial charge in [-0.2, -0.15) is 4.98 Å². The van der Waals surface area contributed by atoms with E-state index in [9.17, 15) is 4.79 Å². The SMILES string of the molecule is CC1=C(C(=O)Nc2ccccc2)C(c2ccncc2)n2nc(-c3ccc(C)cc3)nc2N1. The van der Waals surface area contributed by atoms with Crippen molar-refractivity contribution in [3.63, 3.8) is 0 Å². The number of amides is 1. The number of nitrogens with zero attached hydrogens (tertiary/aromatic N) is 4. The van der Waals surface area contributed by atoms with Gasteiger partial charge in [-0.25, -0.2) is 4.68 Å². The number of fused-ring (bicyclic) bond motifs is 1. The summed E-state index contributed by atoms with van der Waals surface area (Å²) in [6, 6.07) is 20.8. The predicted octanol–water partition coefficient (Wildman–Crippen LogP) is 4.58. The van der Waals surface area contributed by atoms with Gasteiger partial charge in [0.2, 0.25) is 5.95 Å². The van der Waals surface area contributed by atoms with Crippen LogP contribution in [0.4, 0.5) is 11.6 Å². The summed E-state index contributed by atoms with van der Waals surface area (Å²) in [6.45, 7) is 3.93. The minimum atomic E-state index is -0.440. The van der Waals surface area contributed by atoms with E-state index in [1.807, 2.05) is 80.6 Å². The Morgan fingerprint density at radius 1 is 0.969 bits per heavy atom. The molecule has 2 aromatic heterocycles. The molecule has 4 aromatic rings. The third-order valence-electron chi connectivity index (χ3n) is 5.46. The number of hydrogen-bond acceptors (Lipinski definition) is 5. The molecule has 1 unspecified atom stereocenters. The summed E-state index contributed by atoms with van der Waals surface area (Å²) in [5, 5.41) is 11.1. The summed E-state index contributed by atoms with van der Waals surface area (Å²) in [4.78, 5) is 22.2. The van der Waals surface area contributed by atoms with Gasteiger partial charge in [0.25, 0.3) is 5.91 Å². The van der Waals surface area contributed by atoms with E-state index in [1.165, 1.54) is 5.56 Å². The van der Waals surface area contributed by atoms with Crippen molar-refractivity contribution in [1.82, 2.24) is 19.7 Å². The zero-order chi connectivity index (χ0) is 22.1. The van der Waals surface area contributed by atoms with Crippen LogP contribution in [0, 0.1) is 6.92 Å². The van der Waals surface area contributed by atoms with Gasteiger partial charge in [0, 0.05) is 29.3 Å². The number of carbonyl (C=O) groups is 1. The zero-order valence-corrected chi connectivity index (χ0v) is 17.8. The average molecular weight is 422 g/mol. The fourth-order valence-electron chi connectivity index (χ4n) is 3.84. The van der Waals surface area contributed by atoms with E-state index in [0.29, 0.717) is 17.3 Å². The molecule has 5 rings (SSSR count). The summed E-state index contributed by atoms with van der Waals surface area (Å²) in [5.41, 5.74) is 5.03. The fourth-order valence-corrected chi connectivity index (χ4v) is 3.84. The minimum absolute atomic E-state index is 0.193. The van der Waals surface area contributed by atoms with E-state index in [4.69, 9.17) is 10.1 Å². The Hall–Kier alpha value is -4.26. The summed E-state index contributed by atoms with van der Waals surface area (Å²) in [6.07, 6.45) is 3.44. The monoisotopic (exact) mass is 422 g/mol. The first-order chi connectivity index (χ1) is 15.6. The average Bonchev–Trinajstić information content (AvgIpc) is 3.23. The van der Waals surface area contributed by atoms with Gasteiger partial charge in [0.05, 0.1) is 5.57 Å². The first-order valence-corrected chi connectivity index (χ1v) is 10.4. The van der Waals surface area contributed by atoms with Crippen molar-refractivity contribution in [2.24, 2.45) is 0 Å². The second-order valence-corrected chi connectivity index (χ2v) is 7.74. The van der Waals surface area contributed by atoms with Crippen molar-refractivity contribution in [3.8, 4) is 11.4 Å². The topological polar surface area (TPSA) is 84.7 Å². The number of anilines is 2. The number of pyridine rings is 1. The number of carbonyl (C=O) groups excluding carboxylic acids is 1. The van der Waals surface area contributed by atoms with Gasteiger partial charge >= 0.3 is 0 Å². The summed E-state index contributed by atoms with van der Waals surface area (Å²) < 4.78 is 1.78. The maximum absolute atomic E-state index is 13.4. The van der Waals surface area contributed by atoms with Crippen LogP contribution in [0.15, 0.2) is 90.4 Å². The van der Waals surface area contributed by atoms with Gasteiger partial charge < -0.3 is 10.6 Å². The molecule has 0 radical (unpaired) electrons. The Kier molecular flexibility index (Phi) is 4.99. The Morgan fingerprint density at radius 2 is 1.69 bits per heavy atom. The molecule has 2 N–H and O–H groups in total. The molecule has 1 atom stereocenters. The lowest BCUT2D eigenvalue weighted by Crippen LogP contribution is -2.31. The van der Waals surface area contributed by atoms with Gasteiger partial charge in [-0.15, -0.1) is 5.10 Å². The highest BCUT2D eigenvalue weighted by atomic mass is 16.1. The zero-order valence-electron chi connectivity index (χ0n) is 17.8. The molecule has 32 heavy (non-hydrogen) atoms. The lowest BCUT2D eigenvalue weighted by Gasteiger charge is -2.28. The first-order valence-electron chi connectivity index (χ1n) is 10.4. The molecule has 0 bridgehead atoms. The maximum atomic E-state index is 13.4. The molecule has 3 heterocycles. The first kappa shape index (κ1) is 19.7. The smallest absolute Gasteiger partial charge is 0.255 e. The van der Waals surface area contributed by atoms with Crippen molar-refractivity contribution >= 4 is 17.5 Å². The van der Waals surface area contributed by atoms with Crippen molar-refractivity contribution < 1.29 is 4.79 Å². The molecular weight excluding hydrogens is 400 g/mol. The number of benzene rings is 2. The molecule has 0 saturated carbocycles. The fraction of sp³-hybridized carbons (Fsp3) is 0.120.